The van der Waals surface area contributed by atoms with Gasteiger partial charge >= 0.3 is 0 Å². The maximum Gasteiger partial charge on any atom is 0.263 e. The zero-order chi connectivity index (χ0) is 14.0. The Labute approximate surface area is 114 Å². The van der Waals surface area contributed by atoms with Gasteiger partial charge in [-0.2, -0.15) is 0 Å². The number of hydrogen-bond donors (Lipinski definition) is 3. The number of thiocarbonyl (C=S) groups is 1. The minimum absolute atomic E-state index is 0.0398. The summed E-state index contributed by atoms with van der Waals surface area (Å²) in [6, 6.07) is 4.48. The Morgan fingerprint density at radius 1 is 1.26 bits per heavy atom. The summed E-state index contributed by atoms with van der Waals surface area (Å²) in [4.78, 5) is 23.3. The van der Waals surface area contributed by atoms with Gasteiger partial charge in [-0.05, 0) is 36.5 Å². The minimum Gasteiger partial charge on any atom is -0.507 e. The molecule has 0 spiro atoms. The topological polar surface area (TPSA) is 87.7 Å². The highest BCUT2D eigenvalue weighted by molar-refractivity contribution is 7.80. The Kier molecular flexibility index (Phi) is 3.48. The van der Waals surface area contributed by atoms with Crippen molar-refractivity contribution in [3.63, 3.8) is 0 Å². The van der Waals surface area contributed by atoms with E-state index in [1.54, 1.807) is 6.07 Å². The number of carbonyl (C=O) groups is 2. The number of rotatable bonds is 2. The summed E-state index contributed by atoms with van der Waals surface area (Å²) in [6.45, 7) is 0. The van der Waals surface area contributed by atoms with E-state index in [2.05, 4.69) is 22.9 Å². The molecule has 0 unspecified atom stereocenters. The molecule has 1 aliphatic rings. The molecule has 98 valence electrons. The normalized spacial score (nSPS) is 14.8. The molecule has 0 atom stereocenters. The van der Waals surface area contributed by atoms with Crippen LogP contribution in [0.5, 0.6) is 11.5 Å². The third-order valence-electron chi connectivity index (χ3n) is 2.48. The van der Waals surface area contributed by atoms with E-state index >= 15 is 0 Å². The molecule has 0 aromatic heterocycles. The molecule has 0 radical (unpaired) electrons. The van der Waals surface area contributed by atoms with E-state index in [9.17, 15) is 14.7 Å². The van der Waals surface area contributed by atoms with Crippen molar-refractivity contribution in [2.45, 2.75) is 0 Å². The molecule has 7 heteroatoms. The van der Waals surface area contributed by atoms with Crippen molar-refractivity contribution in [2.75, 3.05) is 7.11 Å². The second-order valence-corrected chi connectivity index (χ2v) is 4.13. The first-order valence-electron chi connectivity index (χ1n) is 5.26. The number of phenolic OH excluding ortho intramolecular Hbond substituents is 1. The molecule has 2 rings (SSSR count). The van der Waals surface area contributed by atoms with E-state index in [0.29, 0.717) is 11.3 Å². The first-order valence-corrected chi connectivity index (χ1v) is 5.67. The SMILES string of the molecule is COc1ccc(O)c(C=C2C(=O)NC(=S)NC2=O)c1. The quantitative estimate of drug-likeness (QED) is 0.412. The van der Waals surface area contributed by atoms with Crippen LogP contribution in [0.3, 0.4) is 0 Å². The van der Waals surface area contributed by atoms with Gasteiger partial charge in [0.15, 0.2) is 5.11 Å². The number of methoxy groups -OCH3 is 1. The minimum atomic E-state index is -0.615. The summed E-state index contributed by atoms with van der Waals surface area (Å²) in [5, 5.41) is 14.3. The van der Waals surface area contributed by atoms with Crippen LogP contribution in [0.4, 0.5) is 0 Å². The first kappa shape index (κ1) is 13.0. The predicted molar refractivity (Wildman–Crippen MR) is 71.5 cm³/mol. The molecule has 1 aromatic rings. The zero-order valence-corrected chi connectivity index (χ0v) is 10.7. The van der Waals surface area contributed by atoms with Crippen molar-refractivity contribution < 1.29 is 19.4 Å². The van der Waals surface area contributed by atoms with Gasteiger partial charge in [-0.3, -0.25) is 20.2 Å². The van der Waals surface area contributed by atoms with E-state index in [-0.39, 0.29) is 16.4 Å². The smallest absolute Gasteiger partial charge is 0.263 e. The lowest BCUT2D eigenvalue weighted by Crippen LogP contribution is -2.51. The Balaban J connectivity index is 2.42. The summed E-state index contributed by atoms with van der Waals surface area (Å²) in [5.41, 5.74) is 0.157. The summed E-state index contributed by atoms with van der Waals surface area (Å²) in [6.07, 6.45) is 1.27. The Morgan fingerprint density at radius 2 is 1.89 bits per heavy atom. The van der Waals surface area contributed by atoms with Gasteiger partial charge in [-0.25, -0.2) is 0 Å². The van der Waals surface area contributed by atoms with Crippen molar-refractivity contribution in [1.82, 2.24) is 10.6 Å². The number of ether oxygens (including phenoxy) is 1. The van der Waals surface area contributed by atoms with Crippen molar-refractivity contribution in [1.29, 1.82) is 0 Å². The second kappa shape index (κ2) is 5.07. The maximum atomic E-state index is 11.6. The number of phenols is 1. The molecule has 0 saturated carbocycles. The summed E-state index contributed by atoms with van der Waals surface area (Å²) in [5.74, 6) is -0.800. The number of amides is 2. The molecule has 3 N–H and O–H groups in total. The zero-order valence-electron chi connectivity index (χ0n) is 9.89. The second-order valence-electron chi connectivity index (χ2n) is 3.72. The van der Waals surface area contributed by atoms with Crippen LogP contribution in [0.15, 0.2) is 23.8 Å². The largest absolute Gasteiger partial charge is 0.507 e. The molecule has 1 heterocycles. The molecular weight excluding hydrogens is 268 g/mol. The monoisotopic (exact) mass is 278 g/mol. The van der Waals surface area contributed by atoms with Crippen LogP contribution in [0, 0.1) is 0 Å². The molecule has 1 aliphatic heterocycles. The lowest BCUT2D eigenvalue weighted by atomic mass is 10.1. The molecule has 2 amide bonds. The fraction of sp³-hybridized carbons (Fsp3) is 0.0833. The summed E-state index contributed by atoms with van der Waals surface area (Å²) < 4.78 is 5.01. The average molecular weight is 278 g/mol. The van der Waals surface area contributed by atoms with Gasteiger partial charge in [0.05, 0.1) is 7.11 Å². The molecule has 0 aliphatic carbocycles. The van der Waals surface area contributed by atoms with Crippen LogP contribution in [0.1, 0.15) is 5.56 Å². The van der Waals surface area contributed by atoms with Gasteiger partial charge < -0.3 is 9.84 Å². The summed E-state index contributed by atoms with van der Waals surface area (Å²) >= 11 is 4.68. The van der Waals surface area contributed by atoms with Crippen LogP contribution in [-0.2, 0) is 9.59 Å². The Bertz CT molecular complexity index is 588. The van der Waals surface area contributed by atoms with Crippen LogP contribution in [0.25, 0.3) is 6.08 Å². The summed E-state index contributed by atoms with van der Waals surface area (Å²) in [7, 11) is 1.47. The highest BCUT2D eigenvalue weighted by atomic mass is 32.1. The van der Waals surface area contributed by atoms with Gasteiger partial charge in [0.25, 0.3) is 11.8 Å². The van der Waals surface area contributed by atoms with Crippen molar-refractivity contribution in [3.8, 4) is 11.5 Å². The van der Waals surface area contributed by atoms with E-state index in [0.717, 1.165) is 0 Å². The maximum absolute atomic E-state index is 11.6. The molecule has 19 heavy (non-hydrogen) atoms. The fourth-order valence-electron chi connectivity index (χ4n) is 1.54. The third kappa shape index (κ3) is 2.71. The molecular formula is C12H10N2O4S. The fourth-order valence-corrected chi connectivity index (χ4v) is 1.72. The molecule has 6 nitrogen and oxygen atoms in total. The number of nitrogens with one attached hydrogen (secondary N) is 2. The van der Waals surface area contributed by atoms with Crippen LogP contribution in [-0.4, -0.2) is 29.1 Å². The van der Waals surface area contributed by atoms with Crippen LogP contribution in [0.2, 0.25) is 0 Å². The molecule has 0 bridgehead atoms. The van der Waals surface area contributed by atoms with Gasteiger partial charge in [0, 0.05) is 5.56 Å². The average Bonchev–Trinajstić information content (AvgIpc) is 2.35. The highest BCUT2D eigenvalue weighted by Gasteiger charge is 2.25. The number of benzene rings is 1. The highest BCUT2D eigenvalue weighted by Crippen LogP contribution is 2.25. The van der Waals surface area contributed by atoms with E-state index < -0.39 is 11.8 Å². The van der Waals surface area contributed by atoms with E-state index in [4.69, 9.17) is 4.74 Å². The number of aromatic hydroxyl groups is 1. The molecule has 1 aromatic carbocycles. The van der Waals surface area contributed by atoms with Crippen molar-refractivity contribution in [2.24, 2.45) is 0 Å². The Hall–Kier alpha value is -2.41. The van der Waals surface area contributed by atoms with E-state index in [1.807, 2.05) is 0 Å². The van der Waals surface area contributed by atoms with Crippen LogP contribution < -0.4 is 15.4 Å². The standard InChI is InChI=1S/C12H10N2O4S/c1-18-7-2-3-9(15)6(4-7)5-8-10(16)13-12(19)14-11(8)17/h2-5,15H,1H3,(H2,13,14,16,17,19). The third-order valence-corrected chi connectivity index (χ3v) is 2.68. The van der Waals surface area contributed by atoms with Gasteiger partial charge in [-0.1, -0.05) is 0 Å². The lowest BCUT2D eigenvalue weighted by molar-refractivity contribution is -0.123. The van der Waals surface area contributed by atoms with Gasteiger partial charge in [0.2, 0.25) is 0 Å². The number of hydrogen-bond acceptors (Lipinski definition) is 5. The molecule has 1 fully saturated rings. The van der Waals surface area contributed by atoms with Crippen molar-refractivity contribution >= 4 is 35.2 Å². The number of carbonyl (C=O) groups excluding carboxylic acids is 2. The van der Waals surface area contributed by atoms with E-state index in [1.165, 1.54) is 25.3 Å². The van der Waals surface area contributed by atoms with Crippen molar-refractivity contribution in [3.05, 3.63) is 29.3 Å². The van der Waals surface area contributed by atoms with Gasteiger partial charge in [0.1, 0.15) is 17.1 Å². The lowest BCUT2D eigenvalue weighted by Gasteiger charge is -2.16. The Morgan fingerprint density at radius 3 is 2.47 bits per heavy atom. The van der Waals surface area contributed by atoms with Gasteiger partial charge in [-0.15, -0.1) is 0 Å². The molecule has 1 saturated heterocycles. The predicted octanol–water partition coefficient (Wildman–Crippen LogP) is 0.315. The van der Waals surface area contributed by atoms with Crippen LogP contribution >= 0.6 is 12.2 Å². The first-order chi connectivity index (χ1) is 9.01.